The van der Waals surface area contributed by atoms with Gasteiger partial charge >= 0.3 is 0 Å². The van der Waals surface area contributed by atoms with Crippen LogP contribution < -0.4 is 10.6 Å². The van der Waals surface area contributed by atoms with Gasteiger partial charge in [-0.25, -0.2) is 0 Å². The molecular weight excluding hydrogens is 160 g/mol. The van der Waals surface area contributed by atoms with Gasteiger partial charge in [-0.1, -0.05) is 20.3 Å². The smallest absolute Gasteiger partial charge is 0.00173 e. The molecule has 13 heavy (non-hydrogen) atoms. The Balaban J connectivity index is 2.10. The van der Waals surface area contributed by atoms with Gasteiger partial charge in [0.15, 0.2) is 0 Å². The molecule has 0 aromatic carbocycles. The molecule has 2 N–H and O–H groups in total. The maximum Gasteiger partial charge on any atom is 0.00173 e. The van der Waals surface area contributed by atoms with E-state index in [-0.39, 0.29) is 0 Å². The molecule has 0 radical (unpaired) electrons. The first-order chi connectivity index (χ1) is 6.27. The molecule has 1 saturated heterocycles. The van der Waals surface area contributed by atoms with E-state index in [9.17, 15) is 0 Å². The van der Waals surface area contributed by atoms with Crippen molar-refractivity contribution in [3.8, 4) is 0 Å². The van der Waals surface area contributed by atoms with Gasteiger partial charge in [0.2, 0.25) is 0 Å². The van der Waals surface area contributed by atoms with Crippen LogP contribution in [-0.4, -0.2) is 26.2 Å². The minimum atomic E-state index is 0.506. The van der Waals surface area contributed by atoms with Crippen molar-refractivity contribution in [3.05, 3.63) is 0 Å². The minimum absolute atomic E-state index is 0.506. The molecule has 1 atom stereocenters. The Labute approximate surface area is 82.5 Å². The zero-order valence-corrected chi connectivity index (χ0v) is 9.16. The van der Waals surface area contributed by atoms with Gasteiger partial charge in [0, 0.05) is 13.1 Å². The van der Waals surface area contributed by atoms with Crippen molar-refractivity contribution < 1.29 is 0 Å². The van der Waals surface area contributed by atoms with Gasteiger partial charge in [-0.3, -0.25) is 0 Å². The second-order valence-corrected chi connectivity index (χ2v) is 4.62. The first-order valence-corrected chi connectivity index (χ1v) is 5.68. The van der Waals surface area contributed by atoms with Gasteiger partial charge in [0.25, 0.3) is 0 Å². The molecule has 1 aliphatic heterocycles. The summed E-state index contributed by atoms with van der Waals surface area (Å²) in [7, 11) is 0. The third-order valence-electron chi connectivity index (χ3n) is 2.94. The van der Waals surface area contributed by atoms with E-state index in [2.05, 4.69) is 24.5 Å². The van der Waals surface area contributed by atoms with Gasteiger partial charge in [-0.05, 0) is 37.8 Å². The summed E-state index contributed by atoms with van der Waals surface area (Å²) in [5.74, 6) is 0. The normalized spacial score (nSPS) is 29.1. The lowest BCUT2D eigenvalue weighted by Gasteiger charge is -2.34. The summed E-state index contributed by atoms with van der Waals surface area (Å²) in [6, 6.07) is 0. The molecule has 1 fully saturated rings. The highest BCUT2D eigenvalue weighted by Gasteiger charge is 2.25. The van der Waals surface area contributed by atoms with Gasteiger partial charge < -0.3 is 10.6 Å². The third kappa shape index (κ3) is 4.10. The minimum Gasteiger partial charge on any atom is -0.316 e. The molecule has 2 nitrogen and oxygen atoms in total. The Kier molecular flexibility index (Phi) is 4.74. The Bertz CT molecular complexity index is 128. The fraction of sp³-hybridized carbons (Fsp3) is 1.00. The quantitative estimate of drug-likeness (QED) is 0.636. The van der Waals surface area contributed by atoms with Crippen LogP contribution in [0, 0.1) is 5.41 Å². The summed E-state index contributed by atoms with van der Waals surface area (Å²) >= 11 is 0. The molecule has 1 aliphatic rings. The predicted octanol–water partition coefficient (Wildman–Crippen LogP) is 1.77. The van der Waals surface area contributed by atoms with Gasteiger partial charge in [0.1, 0.15) is 0 Å². The molecular formula is C11H24N2. The van der Waals surface area contributed by atoms with E-state index in [1.807, 2.05) is 0 Å². The average Bonchev–Trinajstić information content (AvgIpc) is 2.14. The second-order valence-electron chi connectivity index (χ2n) is 4.62. The van der Waals surface area contributed by atoms with Crippen molar-refractivity contribution in [1.82, 2.24) is 10.6 Å². The van der Waals surface area contributed by atoms with E-state index < -0.39 is 0 Å². The Hall–Kier alpha value is -0.0800. The SMILES string of the molecule is CCCCNCC1(C)CCCNC1. The molecule has 78 valence electrons. The maximum atomic E-state index is 3.56. The lowest BCUT2D eigenvalue weighted by atomic mass is 9.83. The molecule has 0 aromatic rings. The van der Waals surface area contributed by atoms with E-state index in [4.69, 9.17) is 0 Å². The van der Waals surface area contributed by atoms with Crippen molar-refractivity contribution in [1.29, 1.82) is 0 Å². The van der Waals surface area contributed by atoms with Crippen LogP contribution >= 0.6 is 0 Å². The lowest BCUT2D eigenvalue weighted by molar-refractivity contribution is 0.227. The van der Waals surface area contributed by atoms with Crippen LogP contribution in [0.4, 0.5) is 0 Å². The van der Waals surface area contributed by atoms with Crippen molar-refractivity contribution in [2.24, 2.45) is 5.41 Å². The van der Waals surface area contributed by atoms with Crippen molar-refractivity contribution in [3.63, 3.8) is 0 Å². The fourth-order valence-corrected chi connectivity index (χ4v) is 1.96. The largest absolute Gasteiger partial charge is 0.316 e. The van der Waals surface area contributed by atoms with Gasteiger partial charge in [-0.15, -0.1) is 0 Å². The highest BCUT2D eigenvalue weighted by Crippen LogP contribution is 2.23. The highest BCUT2D eigenvalue weighted by molar-refractivity contribution is 4.83. The predicted molar refractivity (Wildman–Crippen MR) is 58.0 cm³/mol. The molecule has 0 bridgehead atoms. The topological polar surface area (TPSA) is 24.1 Å². The zero-order chi connectivity index (χ0) is 9.57. The van der Waals surface area contributed by atoms with Crippen molar-refractivity contribution in [2.75, 3.05) is 26.2 Å². The molecule has 0 aliphatic carbocycles. The van der Waals surface area contributed by atoms with Crippen LogP contribution in [0.3, 0.4) is 0 Å². The summed E-state index contributed by atoms with van der Waals surface area (Å²) < 4.78 is 0. The standard InChI is InChI=1S/C11H24N2/c1-3-4-7-12-9-11(2)6-5-8-13-10-11/h12-13H,3-10H2,1-2H3. The summed E-state index contributed by atoms with van der Waals surface area (Å²) in [4.78, 5) is 0. The number of hydrogen-bond acceptors (Lipinski definition) is 2. The molecule has 0 saturated carbocycles. The first-order valence-electron chi connectivity index (χ1n) is 5.68. The number of nitrogens with one attached hydrogen (secondary N) is 2. The van der Waals surface area contributed by atoms with Crippen molar-refractivity contribution >= 4 is 0 Å². The molecule has 0 aromatic heterocycles. The molecule has 0 spiro atoms. The Morgan fingerprint density at radius 2 is 2.31 bits per heavy atom. The lowest BCUT2D eigenvalue weighted by Crippen LogP contribution is -2.44. The molecule has 0 amide bonds. The highest BCUT2D eigenvalue weighted by atomic mass is 14.9. The molecule has 2 heteroatoms. The van der Waals surface area contributed by atoms with Crippen LogP contribution in [0.2, 0.25) is 0 Å². The summed E-state index contributed by atoms with van der Waals surface area (Å²) in [5, 5.41) is 7.03. The number of hydrogen-bond donors (Lipinski definition) is 2. The van der Waals surface area contributed by atoms with Gasteiger partial charge in [0.05, 0.1) is 0 Å². The molecule has 1 heterocycles. The fourth-order valence-electron chi connectivity index (χ4n) is 1.96. The summed E-state index contributed by atoms with van der Waals surface area (Å²) in [5.41, 5.74) is 0.506. The average molecular weight is 184 g/mol. The van der Waals surface area contributed by atoms with E-state index in [1.165, 1.54) is 51.9 Å². The van der Waals surface area contributed by atoms with E-state index >= 15 is 0 Å². The number of unbranched alkanes of at least 4 members (excludes halogenated alkanes) is 1. The number of piperidine rings is 1. The zero-order valence-electron chi connectivity index (χ0n) is 9.16. The second kappa shape index (κ2) is 5.61. The van der Waals surface area contributed by atoms with Crippen LogP contribution in [-0.2, 0) is 0 Å². The van der Waals surface area contributed by atoms with Crippen LogP contribution in [0.1, 0.15) is 39.5 Å². The van der Waals surface area contributed by atoms with Crippen LogP contribution in [0.15, 0.2) is 0 Å². The summed E-state index contributed by atoms with van der Waals surface area (Å²) in [6.45, 7) is 9.40. The van der Waals surface area contributed by atoms with Crippen molar-refractivity contribution in [2.45, 2.75) is 39.5 Å². The maximum absolute atomic E-state index is 3.56. The van der Waals surface area contributed by atoms with Gasteiger partial charge in [-0.2, -0.15) is 0 Å². The first kappa shape index (κ1) is 11.0. The Morgan fingerprint density at radius 3 is 2.92 bits per heavy atom. The third-order valence-corrected chi connectivity index (χ3v) is 2.94. The monoisotopic (exact) mass is 184 g/mol. The van der Waals surface area contributed by atoms with Crippen LogP contribution in [0.25, 0.3) is 0 Å². The summed E-state index contributed by atoms with van der Waals surface area (Å²) in [6.07, 6.45) is 5.32. The molecule has 1 unspecified atom stereocenters. The van der Waals surface area contributed by atoms with E-state index in [1.54, 1.807) is 0 Å². The van der Waals surface area contributed by atoms with E-state index in [0.29, 0.717) is 5.41 Å². The van der Waals surface area contributed by atoms with E-state index in [0.717, 1.165) is 0 Å². The van der Waals surface area contributed by atoms with Crippen LogP contribution in [0.5, 0.6) is 0 Å². The number of rotatable bonds is 5. The molecule has 1 rings (SSSR count). The Morgan fingerprint density at radius 1 is 1.46 bits per heavy atom.